The van der Waals surface area contributed by atoms with Gasteiger partial charge in [0.05, 0.1) is 28.9 Å². The summed E-state index contributed by atoms with van der Waals surface area (Å²) in [6.07, 6.45) is 0. The molecule has 1 atom stereocenters. The molecule has 0 aliphatic rings. The summed E-state index contributed by atoms with van der Waals surface area (Å²) in [7, 11) is 1.73. The van der Waals surface area contributed by atoms with E-state index < -0.39 is 11.7 Å². The van der Waals surface area contributed by atoms with Gasteiger partial charge in [0.2, 0.25) is 0 Å². The normalized spacial score (nSPS) is 11.6. The van der Waals surface area contributed by atoms with Crippen LogP contribution < -0.4 is 5.32 Å². The fraction of sp³-hybridized carbons (Fsp3) is 0.294. The number of nitriles is 1. The first kappa shape index (κ1) is 16.4. The summed E-state index contributed by atoms with van der Waals surface area (Å²) in [4.78, 5) is 24.6. The molecule has 1 unspecified atom stereocenters. The molecule has 0 bridgehead atoms. The van der Waals surface area contributed by atoms with E-state index in [4.69, 9.17) is 5.26 Å². The highest BCUT2D eigenvalue weighted by Crippen LogP contribution is 2.16. The summed E-state index contributed by atoms with van der Waals surface area (Å²) in [5.74, 6) is -1.25. The lowest BCUT2D eigenvalue weighted by atomic mass is 10.0. The Hall–Kier alpha value is -2.94. The van der Waals surface area contributed by atoms with Crippen molar-refractivity contribution in [2.24, 2.45) is 7.05 Å². The molecule has 118 valence electrons. The second-order valence-corrected chi connectivity index (χ2v) is 5.43. The van der Waals surface area contributed by atoms with Crippen LogP contribution >= 0.6 is 0 Å². The molecule has 1 aromatic heterocycles. The van der Waals surface area contributed by atoms with E-state index in [1.54, 1.807) is 56.8 Å². The fourth-order valence-electron chi connectivity index (χ4n) is 2.41. The van der Waals surface area contributed by atoms with Gasteiger partial charge in [0.15, 0.2) is 0 Å². The number of aromatic nitrogens is 2. The largest absolute Gasteiger partial charge is 0.343 e. The zero-order valence-electron chi connectivity index (χ0n) is 13.5. The molecule has 0 saturated carbocycles. The molecule has 0 saturated heterocycles. The number of carbonyl (C=O) groups excluding carboxylic acids is 2. The number of rotatable bonds is 4. The van der Waals surface area contributed by atoms with Crippen molar-refractivity contribution in [3.8, 4) is 6.07 Å². The van der Waals surface area contributed by atoms with E-state index in [-0.39, 0.29) is 6.04 Å². The molecule has 1 N–H and O–H groups in total. The molecule has 1 amide bonds. The maximum absolute atomic E-state index is 12.4. The first-order chi connectivity index (χ1) is 10.8. The molecule has 1 aromatic carbocycles. The van der Waals surface area contributed by atoms with Gasteiger partial charge in [-0.05, 0) is 38.5 Å². The number of Topliss-reactive ketones (excluding diaryl/α,β-unsaturated/α-hetero) is 1. The maximum Gasteiger partial charge on any atom is 0.293 e. The quantitative estimate of drug-likeness (QED) is 0.691. The molecule has 0 aliphatic carbocycles. The number of nitrogens with zero attached hydrogens (tertiary/aromatic N) is 3. The number of hydrogen-bond acceptors (Lipinski definition) is 4. The van der Waals surface area contributed by atoms with Crippen LogP contribution in [-0.2, 0) is 11.8 Å². The molecule has 2 aromatic rings. The lowest BCUT2D eigenvalue weighted by Gasteiger charge is -2.14. The van der Waals surface area contributed by atoms with E-state index in [1.807, 2.05) is 6.07 Å². The van der Waals surface area contributed by atoms with Crippen molar-refractivity contribution in [2.45, 2.75) is 26.8 Å². The van der Waals surface area contributed by atoms with Crippen LogP contribution in [0.5, 0.6) is 0 Å². The topological polar surface area (TPSA) is 87.8 Å². The predicted octanol–water partition coefficient (Wildman–Crippen LogP) is 1.97. The van der Waals surface area contributed by atoms with Crippen LogP contribution in [0.15, 0.2) is 24.3 Å². The van der Waals surface area contributed by atoms with Crippen LogP contribution in [0, 0.1) is 25.2 Å². The molecule has 6 heteroatoms. The van der Waals surface area contributed by atoms with Crippen molar-refractivity contribution in [3.05, 3.63) is 52.3 Å². The van der Waals surface area contributed by atoms with E-state index in [2.05, 4.69) is 10.4 Å². The summed E-state index contributed by atoms with van der Waals surface area (Å²) in [6.45, 7) is 5.25. The Morgan fingerprint density at radius 3 is 2.35 bits per heavy atom. The first-order valence-corrected chi connectivity index (χ1v) is 7.20. The van der Waals surface area contributed by atoms with Crippen molar-refractivity contribution in [1.82, 2.24) is 15.1 Å². The van der Waals surface area contributed by atoms with Gasteiger partial charge in [-0.2, -0.15) is 10.4 Å². The molecule has 6 nitrogen and oxygen atoms in total. The molecule has 2 rings (SSSR count). The minimum atomic E-state index is -0.666. The van der Waals surface area contributed by atoms with E-state index in [0.717, 1.165) is 5.56 Å². The molecule has 0 radical (unpaired) electrons. The maximum atomic E-state index is 12.4. The molecule has 23 heavy (non-hydrogen) atoms. The third kappa shape index (κ3) is 3.29. The Morgan fingerprint density at radius 1 is 1.26 bits per heavy atom. The Bertz CT molecular complexity index is 797. The Kier molecular flexibility index (Phi) is 4.60. The monoisotopic (exact) mass is 310 g/mol. The number of amides is 1. The van der Waals surface area contributed by atoms with Gasteiger partial charge in [-0.15, -0.1) is 0 Å². The van der Waals surface area contributed by atoms with E-state index in [9.17, 15) is 9.59 Å². The summed E-state index contributed by atoms with van der Waals surface area (Å²) in [5, 5.41) is 15.6. The second kappa shape index (κ2) is 6.44. The SMILES string of the molecule is Cc1nn(C)c(C)c1C(=O)C(=O)NC(C)c1ccc(C#N)cc1. The Balaban J connectivity index is 2.14. The second-order valence-electron chi connectivity index (χ2n) is 5.43. The highest BCUT2D eigenvalue weighted by Gasteiger charge is 2.25. The minimum absolute atomic E-state index is 0.337. The molecule has 0 fully saturated rings. The highest BCUT2D eigenvalue weighted by atomic mass is 16.2. The van der Waals surface area contributed by atoms with Crippen LogP contribution in [0.2, 0.25) is 0 Å². The predicted molar refractivity (Wildman–Crippen MR) is 84.7 cm³/mol. The third-order valence-electron chi connectivity index (χ3n) is 3.83. The van der Waals surface area contributed by atoms with Crippen molar-refractivity contribution in [1.29, 1.82) is 5.26 Å². The minimum Gasteiger partial charge on any atom is -0.343 e. The van der Waals surface area contributed by atoms with E-state index in [0.29, 0.717) is 22.5 Å². The van der Waals surface area contributed by atoms with Gasteiger partial charge >= 0.3 is 0 Å². The van der Waals surface area contributed by atoms with E-state index in [1.165, 1.54) is 0 Å². The van der Waals surface area contributed by atoms with Crippen LogP contribution in [0.1, 0.15) is 45.8 Å². The smallest absolute Gasteiger partial charge is 0.293 e. The number of aryl methyl sites for hydroxylation is 2. The fourth-order valence-corrected chi connectivity index (χ4v) is 2.41. The van der Waals surface area contributed by atoms with E-state index >= 15 is 0 Å². The Labute approximate surface area is 134 Å². The van der Waals surface area contributed by atoms with Gasteiger partial charge in [0, 0.05) is 12.7 Å². The van der Waals surface area contributed by atoms with Crippen LogP contribution in [0.3, 0.4) is 0 Å². The highest BCUT2D eigenvalue weighted by molar-refractivity contribution is 6.43. The number of ketones is 1. The molecular weight excluding hydrogens is 292 g/mol. The van der Waals surface area contributed by atoms with Gasteiger partial charge < -0.3 is 5.32 Å². The van der Waals surface area contributed by atoms with Gasteiger partial charge in [-0.25, -0.2) is 0 Å². The van der Waals surface area contributed by atoms with Crippen LogP contribution in [-0.4, -0.2) is 21.5 Å². The number of carbonyl (C=O) groups is 2. The zero-order valence-corrected chi connectivity index (χ0v) is 13.5. The van der Waals surface area contributed by atoms with Gasteiger partial charge in [-0.3, -0.25) is 14.3 Å². The van der Waals surface area contributed by atoms with Gasteiger partial charge in [0.1, 0.15) is 0 Å². The lowest BCUT2D eigenvalue weighted by Crippen LogP contribution is -2.33. The summed E-state index contributed by atoms with van der Waals surface area (Å²) < 4.78 is 1.58. The molecular formula is C17H18N4O2. The standard InChI is InChI=1S/C17H18N4O2/c1-10(14-7-5-13(9-18)6-8-14)19-17(23)16(22)15-11(2)20-21(4)12(15)3/h5-8,10H,1-4H3,(H,19,23). The molecule has 1 heterocycles. The summed E-state index contributed by atoms with van der Waals surface area (Å²) in [6, 6.07) is 8.57. The van der Waals surface area contributed by atoms with Crippen LogP contribution in [0.4, 0.5) is 0 Å². The summed E-state index contributed by atoms with van der Waals surface area (Å²) in [5.41, 5.74) is 2.91. The molecule has 0 aliphatic heterocycles. The van der Waals surface area contributed by atoms with Gasteiger partial charge in [-0.1, -0.05) is 12.1 Å². The van der Waals surface area contributed by atoms with Crippen molar-refractivity contribution >= 4 is 11.7 Å². The first-order valence-electron chi connectivity index (χ1n) is 7.20. The molecule has 0 spiro atoms. The average Bonchev–Trinajstić information content (AvgIpc) is 2.79. The Morgan fingerprint density at radius 2 is 1.87 bits per heavy atom. The number of nitrogens with one attached hydrogen (secondary N) is 1. The van der Waals surface area contributed by atoms with Crippen molar-refractivity contribution in [2.75, 3.05) is 0 Å². The van der Waals surface area contributed by atoms with Crippen LogP contribution in [0.25, 0.3) is 0 Å². The lowest BCUT2D eigenvalue weighted by molar-refractivity contribution is -0.117. The number of hydrogen-bond donors (Lipinski definition) is 1. The van der Waals surface area contributed by atoms with Gasteiger partial charge in [0.25, 0.3) is 11.7 Å². The van der Waals surface area contributed by atoms with Crippen molar-refractivity contribution < 1.29 is 9.59 Å². The zero-order chi connectivity index (χ0) is 17.1. The summed E-state index contributed by atoms with van der Waals surface area (Å²) >= 11 is 0. The third-order valence-corrected chi connectivity index (χ3v) is 3.83. The average molecular weight is 310 g/mol. The van der Waals surface area contributed by atoms with Crippen molar-refractivity contribution in [3.63, 3.8) is 0 Å². The number of benzene rings is 1.